The largest absolute Gasteiger partial charge is 0.495 e. The molecule has 1 aliphatic carbocycles. The third-order valence-electron chi connectivity index (χ3n) is 5.60. The van der Waals surface area contributed by atoms with Gasteiger partial charge in [-0.25, -0.2) is 23.3 Å². The summed E-state index contributed by atoms with van der Waals surface area (Å²) in [5, 5.41) is 7.87. The number of pyridine rings is 1. The number of halogens is 2. The first-order chi connectivity index (χ1) is 14.6. The number of fused-ring (bicyclic) bond motifs is 1. The maximum Gasteiger partial charge on any atom is 0.168 e. The number of nitrogens with zero attached hydrogens (tertiary/aromatic N) is 4. The van der Waals surface area contributed by atoms with Crippen LogP contribution in [0.4, 0.5) is 14.6 Å². The van der Waals surface area contributed by atoms with Crippen LogP contribution in [0.5, 0.6) is 5.75 Å². The van der Waals surface area contributed by atoms with E-state index in [4.69, 9.17) is 10.5 Å². The number of hydrogen-bond acceptors (Lipinski definition) is 6. The van der Waals surface area contributed by atoms with Gasteiger partial charge in [-0.2, -0.15) is 5.10 Å². The maximum atomic E-state index is 14.2. The van der Waals surface area contributed by atoms with Crippen LogP contribution >= 0.6 is 0 Å². The minimum absolute atomic E-state index is 0.0846. The zero-order valence-corrected chi connectivity index (χ0v) is 17.0. The first kappa shape index (κ1) is 20.5. The molecule has 0 radical (unpaired) electrons. The van der Waals surface area contributed by atoms with Crippen molar-refractivity contribution in [1.29, 1.82) is 0 Å². The van der Waals surface area contributed by atoms with Gasteiger partial charge in [0.1, 0.15) is 22.8 Å². The number of nitrogens with one attached hydrogen (secondary N) is 1. The summed E-state index contributed by atoms with van der Waals surface area (Å²) in [7, 11) is 1.58. The van der Waals surface area contributed by atoms with Gasteiger partial charge in [0.15, 0.2) is 23.1 Å². The lowest BCUT2D eigenvalue weighted by atomic mass is 9.82. The maximum absolute atomic E-state index is 14.2. The van der Waals surface area contributed by atoms with E-state index in [2.05, 4.69) is 20.4 Å². The van der Waals surface area contributed by atoms with Crippen LogP contribution in [0.1, 0.15) is 50.1 Å². The molecule has 0 amide bonds. The number of rotatable bonds is 3. The Bertz CT molecular complexity index is 1020. The van der Waals surface area contributed by atoms with Crippen LogP contribution in [-0.4, -0.2) is 39.8 Å². The van der Waals surface area contributed by atoms with E-state index in [0.717, 1.165) is 25.0 Å². The molecular weight excluding hydrogens is 390 g/mol. The standard InChI is InChI=1S/C16H15F2N5O.C5H11N/c1-24-12-6-13-20-7-11(15-9(17)5-10(18)16(19)21-15)23(13)22-14(12)8-3-2-4-8;1-2-4-6-5-3-1/h5-8H,2-4H2,1H3,(H2,19,21);6H,1-5H2. The molecule has 160 valence electrons. The number of imidazole rings is 1. The number of nitrogens with two attached hydrogens (primary N) is 1. The number of piperidine rings is 1. The van der Waals surface area contributed by atoms with Crippen LogP contribution in [0.2, 0.25) is 0 Å². The van der Waals surface area contributed by atoms with Crippen LogP contribution in [0.25, 0.3) is 17.0 Å². The molecule has 0 bridgehead atoms. The average molecular weight is 416 g/mol. The number of aromatic nitrogens is 4. The SMILES string of the molecule is C1CCNCC1.COc1cc2ncc(-c3nc(N)c(F)cc3F)n2nc1C1CCC1. The monoisotopic (exact) mass is 416 g/mol. The number of anilines is 1. The highest BCUT2D eigenvalue weighted by molar-refractivity contribution is 5.62. The summed E-state index contributed by atoms with van der Waals surface area (Å²) in [6.07, 6.45) is 8.88. The third-order valence-corrected chi connectivity index (χ3v) is 5.60. The zero-order chi connectivity index (χ0) is 21.1. The van der Waals surface area contributed by atoms with E-state index in [-0.39, 0.29) is 11.5 Å². The Kier molecular flexibility index (Phi) is 6.08. The molecule has 2 fully saturated rings. The van der Waals surface area contributed by atoms with Crippen molar-refractivity contribution < 1.29 is 13.5 Å². The second-order valence-corrected chi connectivity index (χ2v) is 7.64. The van der Waals surface area contributed by atoms with Gasteiger partial charge in [0, 0.05) is 18.1 Å². The molecule has 0 atom stereocenters. The van der Waals surface area contributed by atoms with Crippen LogP contribution in [0.15, 0.2) is 18.3 Å². The molecule has 5 rings (SSSR count). The summed E-state index contributed by atoms with van der Waals surface area (Å²) in [6, 6.07) is 2.47. The van der Waals surface area contributed by atoms with Gasteiger partial charge in [0.05, 0.1) is 13.3 Å². The van der Waals surface area contributed by atoms with Gasteiger partial charge in [-0.1, -0.05) is 12.8 Å². The molecule has 7 nitrogen and oxygen atoms in total. The van der Waals surface area contributed by atoms with Crippen LogP contribution in [-0.2, 0) is 0 Å². The molecule has 1 saturated heterocycles. The quantitative estimate of drug-likeness (QED) is 0.677. The van der Waals surface area contributed by atoms with Crippen molar-refractivity contribution in [3.8, 4) is 17.1 Å². The van der Waals surface area contributed by atoms with E-state index in [1.807, 2.05) is 0 Å². The van der Waals surface area contributed by atoms with Crippen LogP contribution < -0.4 is 15.8 Å². The van der Waals surface area contributed by atoms with E-state index in [0.29, 0.717) is 29.1 Å². The van der Waals surface area contributed by atoms with Gasteiger partial charge in [0.2, 0.25) is 0 Å². The van der Waals surface area contributed by atoms with Crippen molar-refractivity contribution in [3.63, 3.8) is 0 Å². The first-order valence-corrected chi connectivity index (χ1v) is 10.3. The fourth-order valence-corrected chi connectivity index (χ4v) is 3.66. The Morgan fingerprint density at radius 2 is 1.87 bits per heavy atom. The lowest BCUT2D eigenvalue weighted by Gasteiger charge is -2.26. The normalized spacial score (nSPS) is 16.6. The Balaban J connectivity index is 0.000000313. The lowest BCUT2D eigenvalue weighted by Crippen LogP contribution is -2.21. The van der Waals surface area contributed by atoms with E-state index in [9.17, 15) is 8.78 Å². The summed E-state index contributed by atoms with van der Waals surface area (Å²) in [5.41, 5.74) is 7.01. The summed E-state index contributed by atoms with van der Waals surface area (Å²) in [6.45, 7) is 2.50. The van der Waals surface area contributed by atoms with Gasteiger partial charge >= 0.3 is 0 Å². The van der Waals surface area contributed by atoms with Gasteiger partial charge in [0.25, 0.3) is 0 Å². The summed E-state index contributed by atoms with van der Waals surface area (Å²) >= 11 is 0. The number of ether oxygens (including phenoxy) is 1. The smallest absolute Gasteiger partial charge is 0.168 e. The van der Waals surface area contributed by atoms with Gasteiger partial charge in [-0.3, -0.25) is 0 Å². The predicted molar refractivity (Wildman–Crippen MR) is 110 cm³/mol. The minimum atomic E-state index is -0.894. The zero-order valence-electron chi connectivity index (χ0n) is 17.0. The van der Waals surface area contributed by atoms with Gasteiger partial charge in [-0.05, 0) is 38.8 Å². The molecule has 4 heterocycles. The van der Waals surface area contributed by atoms with Crippen molar-refractivity contribution in [2.24, 2.45) is 0 Å². The predicted octanol–water partition coefficient (Wildman–Crippen LogP) is 3.69. The molecule has 2 aliphatic rings. The molecule has 9 heteroatoms. The molecule has 0 spiro atoms. The Morgan fingerprint density at radius 3 is 2.43 bits per heavy atom. The van der Waals surface area contributed by atoms with Crippen molar-refractivity contribution >= 4 is 11.5 Å². The minimum Gasteiger partial charge on any atom is -0.495 e. The highest BCUT2D eigenvalue weighted by Crippen LogP contribution is 2.40. The molecule has 3 N–H and O–H groups in total. The third kappa shape index (κ3) is 4.07. The van der Waals surface area contributed by atoms with Crippen molar-refractivity contribution in [1.82, 2.24) is 24.9 Å². The van der Waals surface area contributed by atoms with Gasteiger partial charge in [-0.15, -0.1) is 0 Å². The van der Waals surface area contributed by atoms with Crippen molar-refractivity contribution in [3.05, 3.63) is 35.7 Å². The second-order valence-electron chi connectivity index (χ2n) is 7.64. The molecule has 1 saturated carbocycles. The fourth-order valence-electron chi connectivity index (χ4n) is 3.66. The average Bonchev–Trinajstić information content (AvgIpc) is 3.13. The van der Waals surface area contributed by atoms with Crippen molar-refractivity contribution in [2.45, 2.75) is 44.4 Å². The second kappa shape index (κ2) is 8.91. The topological polar surface area (TPSA) is 90.4 Å². The molecule has 30 heavy (non-hydrogen) atoms. The van der Waals surface area contributed by atoms with E-state index < -0.39 is 11.6 Å². The Hall–Kier alpha value is -2.81. The molecule has 3 aromatic rings. The summed E-state index contributed by atoms with van der Waals surface area (Å²) in [4.78, 5) is 8.03. The van der Waals surface area contributed by atoms with E-state index in [1.54, 1.807) is 13.2 Å². The van der Waals surface area contributed by atoms with E-state index in [1.165, 1.54) is 43.1 Å². The number of nitrogen functional groups attached to an aromatic ring is 1. The van der Waals surface area contributed by atoms with E-state index >= 15 is 0 Å². The highest BCUT2D eigenvalue weighted by Gasteiger charge is 2.26. The van der Waals surface area contributed by atoms with Crippen molar-refractivity contribution in [2.75, 3.05) is 25.9 Å². The fraction of sp³-hybridized carbons (Fsp3) is 0.476. The highest BCUT2D eigenvalue weighted by atomic mass is 19.1. The lowest BCUT2D eigenvalue weighted by molar-refractivity contribution is 0.362. The molecule has 0 aromatic carbocycles. The Morgan fingerprint density at radius 1 is 1.10 bits per heavy atom. The first-order valence-electron chi connectivity index (χ1n) is 10.3. The number of hydrogen-bond donors (Lipinski definition) is 2. The summed E-state index contributed by atoms with van der Waals surface area (Å²) in [5.74, 6) is -1.10. The molecule has 0 unspecified atom stereocenters. The Labute approximate surface area is 173 Å². The number of methoxy groups -OCH3 is 1. The summed E-state index contributed by atoms with van der Waals surface area (Å²) < 4.78 is 34.4. The molecule has 3 aromatic heterocycles. The molecular formula is C21H26F2N6O. The van der Waals surface area contributed by atoms with Gasteiger partial charge < -0.3 is 15.8 Å². The molecule has 1 aliphatic heterocycles. The van der Waals surface area contributed by atoms with Crippen LogP contribution in [0.3, 0.4) is 0 Å². The van der Waals surface area contributed by atoms with Crippen LogP contribution in [0, 0.1) is 11.6 Å².